The van der Waals surface area contributed by atoms with Gasteiger partial charge in [-0.3, -0.25) is 0 Å². The number of pyridine rings is 1. The summed E-state index contributed by atoms with van der Waals surface area (Å²) in [6.07, 6.45) is 2.56. The zero-order valence-electron chi connectivity index (χ0n) is 12.2. The Labute approximate surface area is 134 Å². The molecule has 0 aliphatic heterocycles. The molecule has 2 aromatic heterocycles. The molecule has 0 amide bonds. The van der Waals surface area contributed by atoms with E-state index in [1.807, 2.05) is 0 Å². The van der Waals surface area contributed by atoms with E-state index in [0.29, 0.717) is 16.2 Å². The van der Waals surface area contributed by atoms with Crippen molar-refractivity contribution >= 4 is 17.3 Å². The molecule has 3 rings (SSSR count). The zero-order chi connectivity index (χ0) is 17.1. The van der Waals surface area contributed by atoms with Crippen molar-refractivity contribution in [1.29, 1.82) is 0 Å². The summed E-state index contributed by atoms with van der Waals surface area (Å²) in [5.74, 6) is 0.214. The number of ether oxygens (including phenoxy) is 1. The molecule has 0 atom stereocenters. The van der Waals surface area contributed by atoms with Gasteiger partial charge in [-0.15, -0.1) is 0 Å². The Hall–Kier alpha value is -3.23. The van der Waals surface area contributed by atoms with Crippen LogP contribution in [0.25, 0.3) is 0 Å². The molecule has 124 valence electrons. The average molecular weight is 335 g/mol. The van der Waals surface area contributed by atoms with E-state index >= 15 is 0 Å². The van der Waals surface area contributed by atoms with Crippen LogP contribution < -0.4 is 15.8 Å². The quantitative estimate of drug-likeness (QED) is 0.691. The van der Waals surface area contributed by atoms with E-state index in [9.17, 15) is 13.2 Å². The van der Waals surface area contributed by atoms with Gasteiger partial charge in [0.1, 0.15) is 11.6 Å². The van der Waals surface area contributed by atoms with Crippen molar-refractivity contribution in [3.63, 3.8) is 0 Å². The maximum Gasteiger partial charge on any atom is 0.333 e. The standard InChI is InChI=1S/C15H12F3N5O/c16-11-7-9(19)1-2-12(11)24-10-3-5-20-14(8-10)21-13-4-6-23(22-13)15(17)18/h1-8,15H,19H2,(H,20,21,22). The highest BCUT2D eigenvalue weighted by Gasteiger charge is 2.09. The van der Waals surface area contributed by atoms with Crippen LogP contribution in [0.5, 0.6) is 11.5 Å². The second kappa shape index (κ2) is 6.49. The number of nitrogens with zero attached hydrogens (tertiary/aromatic N) is 3. The summed E-state index contributed by atoms with van der Waals surface area (Å²) in [6.45, 7) is -2.73. The molecule has 0 fully saturated rings. The first-order valence-corrected chi connectivity index (χ1v) is 6.80. The largest absolute Gasteiger partial charge is 0.454 e. The van der Waals surface area contributed by atoms with E-state index < -0.39 is 12.4 Å². The fourth-order valence-corrected chi connectivity index (χ4v) is 1.91. The summed E-state index contributed by atoms with van der Waals surface area (Å²) < 4.78 is 44.6. The number of aromatic nitrogens is 3. The van der Waals surface area contributed by atoms with Crippen LogP contribution in [0.2, 0.25) is 0 Å². The van der Waals surface area contributed by atoms with E-state index in [0.717, 1.165) is 12.3 Å². The molecule has 0 aliphatic carbocycles. The van der Waals surface area contributed by atoms with Crippen molar-refractivity contribution in [3.05, 3.63) is 54.6 Å². The monoisotopic (exact) mass is 335 g/mol. The number of hydrogen-bond acceptors (Lipinski definition) is 5. The molecular formula is C15H12F3N5O. The smallest absolute Gasteiger partial charge is 0.333 e. The maximum absolute atomic E-state index is 13.7. The summed E-state index contributed by atoms with van der Waals surface area (Å²) in [5.41, 5.74) is 5.76. The zero-order valence-corrected chi connectivity index (χ0v) is 12.2. The topological polar surface area (TPSA) is 78.0 Å². The minimum Gasteiger partial charge on any atom is -0.454 e. The Morgan fingerprint density at radius 3 is 2.67 bits per heavy atom. The highest BCUT2D eigenvalue weighted by atomic mass is 19.3. The predicted molar refractivity (Wildman–Crippen MR) is 81.9 cm³/mol. The first kappa shape index (κ1) is 15.7. The number of hydrogen-bond donors (Lipinski definition) is 2. The molecular weight excluding hydrogens is 323 g/mol. The van der Waals surface area contributed by atoms with E-state index in [1.165, 1.54) is 36.5 Å². The number of nitrogens with two attached hydrogens (primary N) is 1. The van der Waals surface area contributed by atoms with Gasteiger partial charge in [0.05, 0.1) is 0 Å². The van der Waals surface area contributed by atoms with Crippen molar-refractivity contribution in [1.82, 2.24) is 14.8 Å². The molecule has 0 unspecified atom stereocenters. The maximum atomic E-state index is 13.7. The van der Waals surface area contributed by atoms with Crippen LogP contribution in [-0.2, 0) is 0 Å². The van der Waals surface area contributed by atoms with Gasteiger partial charge in [-0.2, -0.15) is 13.9 Å². The van der Waals surface area contributed by atoms with E-state index in [1.54, 1.807) is 0 Å². The number of alkyl halides is 2. The first-order valence-electron chi connectivity index (χ1n) is 6.80. The van der Waals surface area contributed by atoms with E-state index in [-0.39, 0.29) is 17.3 Å². The Kier molecular flexibility index (Phi) is 4.23. The molecule has 0 spiro atoms. The van der Waals surface area contributed by atoms with Gasteiger partial charge in [0.15, 0.2) is 17.4 Å². The normalized spacial score (nSPS) is 10.8. The van der Waals surface area contributed by atoms with Gasteiger partial charge in [0, 0.05) is 36.3 Å². The highest BCUT2D eigenvalue weighted by molar-refractivity contribution is 5.53. The molecule has 1 aromatic carbocycles. The van der Waals surface area contributed by atoms with E-state index in [4.69, 9.17) is 10.5 Å². The van der Waals surface area contributed by atoms with Crippen LogP contribution in [0.1, 0.15) is 6.55 Å². The van der Waals surface area contributed by atoms with Crippen LogP contribution in [0.4, 0.5) is 30.5 Å². The van der Waals surface area contributed by atoms with Crippen LogP contribution in [0.15, 0.2) is 48.8 Å². The number of nitrogen functional groups attached to an aromatic ring is 1. The minimum atomic E-state index is -2.73. The van der Waals surface area contributed by atoms with Crippen LogP contribution in [0.3, 0.4) is 0 Å². The third-order valence-electron chi connectivity index (χ3n) is 2.98. The molecule has 0 saturated heterocycles. The van der Waals surface area contributed by atoms with Crippen LogP contribution in [0, 0.1) is 5.82 Å². The van der Waals surface area contributed by atoms with E-state index in [2.05, 4.69) is 15.4 Å². The number of nitrogens with one attached hydrogen (secondary N) is 1. The molecule has 3 aromatic rings. The molecule has 6 nitrogen and oxygen atoms in total. The molecule has 24 heavy (non-hydrogen) atoms. The lowest BCUT2D eigenvalue weighted by molar-refractivity contribution is 0.0569. The molecule has 0 saturated carbocycles. The highest BCUT2D eigenvalue weighted by Crippen LogP contribution is 2.27. The van der Waals surface area contributed by atoms with Crippen molar-refractivity contribution in [2.24, 2.45) is 0 Å². The van der Waals surface area contributed by atoms with Gasteiger partial charge in [-0.25, -0.2) is 14.1 Å². The number of halogens is 3. The lowest BCUT2D eigenvalue weighted by atomic mass is 10.3. The molecule has 2 heterocycles. The van der Waals surface area contributed by atoms with Gasteiger partial charge in [0.25, 0.3) is 0 Å². The van der Waals surface area contributed by atoms with Gasteiger partial charge in [0.2, 0.25) is 0 Å². The summed E-state index contributed by atoms with van der Waals surface area (Å²) >= 11 is 0. The summed E-state index contributed by atoms with van der Waals surface area (Å²) in [4.78, 5) is 4.03. The van der Waals surface area contributed by atoms with Gasteiger partial charge in [-0.1, -0.05) is 0 Å². The number of benzene rings is 1. The molecule has 0 radical (unpaired) electrons. The number of rotatable bonds is 5. The van der Waals surface area contributed by atoms with Gasteiger partial charge >= 0.3 is 6.55 Å². The van der Waals surface area contributed by atoms with Crippen molar-refractivity contribution in [2.45, 2.75) is 6.55 Å². The summed E-state index contributed by atoms with van der Waals surface area (Å²) in [6, 6.07) is 8.45. The molecule has 9 heteroatoms. The Morgan fingerprint density at radius 1 is 1.12 bits per heavy atom. The SMILES string of the molecule is Nc1ccc(Oc2ccnc(Nc3ccn(C(F)F)n3)c2)c(F)c1. The molecule has 0 bridgehead atoms. The first-order chi connectivity index (χ1) is 11.5. The number of anilines is 3. The third kappa shape index (κ3) is 3.57. The molecule has 3 N–H and O–H groups in total. The van der Waals surface area contributed by atoms with Gasteiger partial charge < -0.3 is 15.8 Å². The fourth-order valence-electron chi connectivity index (χ4n) is 1.91. The molecule has 0 aliphatic rings. The lowest BCUT2D eigenvalue weighted by Crippen LogP contribution is -2.00. The van der Waals surface area contributed by atoms with Gasteiger partial charge in [-0.05, 0) is 18.2 Å². The van der Waals surface area contributed by atoms with Crippen molar-refractivity contribution in [3.8, 4) is 11.5 Å². The lowest BCUT2D eigenvalue weighted by Gasteiger charge is -2.09. The Balaban J connectivity index is 1.76. The average Bonchev–Trinajstić information content (AvgIpc) is 2.99. The fraction of sp³-hybridized carbons (Fsp3) is 0.0667. The van der Waals surface area contributed by atoms with Crippen LogP contribution >= 0.6 is 0 Å². The minimum absolute atomic E-state index is 0.00308. The predicted octanol–water partition coefficient (Wildman–Crippen LogP) is 3.93. The van der Waals surface area contributed by atoms with Crippen molar-refractivity contribution in [2.75, 3.05) is 11.1 Å². The van der Waals surface area contributed by atoms with Crippen molar-refractivity contribution < 1.29 is 17.9 Å². The summed E-state index contributed by atoms with van der Waals surface area (Å²) in [5, 5.41) is 6.40. The second-order valence-electron chi connectivity index (χ2n) is 4.75. The second-order valence-corrected chi connectivity index (χ2v) is 4.75. The summed E-state index contributed by atoms with van der Waals surface area (Å²) in [7, 11) is 0. The third-order valence-corrected chi connectivity index (χ3v) is 2.98. The Bertz CT molecular complexity index is 853. The Morgan fingerprint density at radius 2 is 1.96 bits per heavy atom. The van der Waals surface area contributed by atoms with Crippen LogP contribution in [-0.4, -0.2) is 14.8 Å².